The Balaban J connectivity index is 2.00. The molecule has 28 heavy (non-hydrogen) atoms. The van der Waals surface area contributed by atoms with Gasteiger partial charge in [-0.25, -0.2) is 8.42 Å². The Morgan fingerprint density at radius 3 is 2.61 bits per heavy atom. The minimum absolute atomic E-state index is 0.0546. The molecule has 0 fully saturated rings. The van der Waals surface area contributed by atoms with Crippen LogP contribution in [0.2, 0.25) is 5.02 Å². The van der Waals surface area contributed by atoms with Crippen LogP contribution in [0.3, 0.4) is 0 Å². The van der Waals surface area contributed by atoms with Gasteiger partial charge in [-0.05, 0) is 48.4 Å². The highest BCUT2D eigenvalue weighted by Crippen LogP contribution is 2.34. The number of hydrogen-bond acceptors (Lipinski definition) is 4. The van der Waals surface area contributed by atoms with Crippen molar-refractivity contribution < 1.29 is 8.42 Å². The molecule has 2 aromatic carbocycles. The van der Waals surface area contributed by atoms with Crippen LogP contribution in [-0.2, 0) is 9.84 Å². The van der Waals surface area contributed by atoms with Crippen molar-refractivity contribution in [3.63, 3.8) is 0 Å². The number of sulfone groups is 1. The summed E-state index contributed by atoms with van der Waals surface area (Å²) in [6.45, 7) is 3.78. The summed E-state index contributed by atoms with van der Waals surface area (Å²) in [5.74, 6) is 0. The van der Waals surface area contributed by atoms with E-state index in [9.17, 15) is 13.7 Å². The third-order valence-electron chi connectivity index (χ3n) is 4.68. The number of hydrogen-bond donors (Lipinski definition) is 0. The van der Waals surface area contributed by atoms with Gasteiger partial charge in [-0.3, -0.25) is 0 Å². The minimum Gasteiger partial charge on any atom is -0.367 e. The highest BCUT2D eigenvalue weighted by molar-refractivity contribution is 7.95. The fourth-order valence-corrected chi connectivity index (χ4v) is 4.44. The zero-order chi connectivity index (χ0) is 20.1. The minimum atomic E-state index is -3.91. The van der Waals surface area contributed by atoms with E-state index in [0.717, 1.165) is 36.2 Å². The van der Waals surface area contributed by atoms with Crippen molar-refractivity contribution in [1.29, 1.82) is 5.26 Å². The first-order valence-corrected chi connectivity index (χ1v) is 11.0. The van der Waals surface area contributed by atoms with Crippen LogP contribution < -0.4 is 4.90 Å². The summed E-state index contributed by atoms with van der Waals surface area (Å²) in [4.78, 5) is 2.05. The lowest BCUT2D eigenvalue weighted by Crippen LogP contribution is -2.28. The largest absolute Gasteiger partial charge is 0.367 e. The van der Waals surface area contributed by atoms with E-state index < -0.39 is 9.84 Å². The molecular formula is C22H21ClN2O2S. The number of benzene rings is 2. The second-order valence-electron chi connectivity index (χ2n) is 6.55. The first-order chi connectivity index (χ1) is 13.5. The number of rotatable bonds is 6. The molecule has 3 rings (SSSR count). The van der Waals surface area contributed by atoms with Gasteiger partial charge < -0.3 is 4.90 Å². The molecule has 0 aliphatic carbocycles. The molecule has 1 aliphatic heterocycles. The zero-order valence-electron chi connectivity index (χ0n) is 15.6. The highest BCUT2D eigenvalue weighted by Gasteiger charge is 2.23. The number of allylic oxidation sites excluding steroid dienone is 3. The summed E-state index contributed by atoms with van der Waals surface area (Å²) in [6.07, 6.45) is 5.64. The van der Waals surface area contributed by atoms with Gasteiger partial charge in [0.1, 0.15) is 11.0 Å². The zero-order valence-corrected chi connectivity index (χ0v) is 17.2. The number of para-hydroxylation sites is 1. The third-order valence-corrected chi connectivity index (χ3v) is 6.61. The number of halogens is 1. The van der Waals surface area contributed by atoms with Gasteiger partial charge >= 0.3 is 0 Å². The number of anilines is 1. The maximum Gasteiger partial charge on any atom is 0.216 e. The van der Waals surface area contributed by atoms with Gasteiger partial charge in [-0.15, -0.1) is 0 Å². The average Bonchev–Trinajstić information content (AvgIpc) is 2.71. The van der Waals surface area contributed by atoms with Crippen LogP contribution in [0.5, 0.6) is 0 Å². The highest BCUT2D eigenvalue weighted by atomic mass is 35.5. The first kappa shape index (κ1) is 20.2. The summed E-state index contributed by atoms with van der Waals surface area (Å²) in [6, 6.07) is 15.6. The maximum atomic E-state index is 12.9. The maximum absolute atomic E-state index is 12.9. The molecule has 0 spiro atoms. The van der Waals surface area contributed by atoms with Gasteiger partial charge in [0.05, 0.1) is 4.90 Å². The van der Waals surface area contributed by atoms with Crippen LogP contribution in [0.15, 0.2) is 70.5 Å². The topological polar surface area (TPSA) is 61.2 Å². The van der Waals surface area contributed by atoms with E-state index in [2.05, 4.69) is 11.8 Å². The smallest absolute Gasteiger partial charge is 0.216 e. The average molecular weight is 413 g/mol. The number of unbranched alkanes of at least 4 members (excludes halogenated alkanes) is 1. The molecule has 0 atom stereocenters. The van der Waals surface area contributed by atoms with Gasteiger partial charge in [-0.2, -0.15) is 5.26 Å². The van der Waals surface area contributed by atoms with Crippen molar-refractivity contribution in [2.45, 2.75) is 24.7 Å². The van der Waals surface area contributed by atoms with Crippen LogP contribution in [0.4, 0.5) is 5.69 Å². The van der Waals surface area contributed by atoms with Crippen molar-refractivity contribution >= 4 is 32.7 Å². The fourth-order valence-electron chi connectivity index (χ4n) is 3.16. The van der Waals surface area contributed by atoms with Crippen LogP contribution in [0.25, 0.3) is 5.57 Å². The molecule has 0 amide bonds. The Labute approximate surface area is 171 Å². The van der Waals surface area contributed by atoms with E-state index >= 15 is 0 Å². The SMILES string of the molecule is CCCCN1CC=C(/C=C(\C#N)S(=O)(=O)c2ccc(Cl)cc2)c2ccccc21. The Kier molecular flexibility index (Phi) is 6.23. The summed E-state index contributed by atoms with van der Waals surface area (Å²) >= 11 is 5.85. The lowest BCUT2D eigenvalue weighted by atomic mass is 9.98. The number of nitriles is 1. The summed E-state index contributed by atoms with van der Waals surface area (Å²) in [7, 11) is -3.91. The number of fused-ring (bicyclic) bond motifs is 1. The molecular weight excluding hydrogens is 392 g/mol. The molecule has 0 unspecified atom stereocenters. The lowest BCUT2D eigenvalue weighted by molar-refractivity contribution is 0.603. The van der Waals surface area contributed by atoms with Crippen molar-refractivity contribution in [2.24, 2.45) is 0 Å². The van der Waals surface area contributed by atoms with Crippen molar-refractivity contribution in [3.05, 3.63) is 76.2 Å². The van der Waals surface area contributed by atoms with E-state index in [1.54, 1.807) is 0 Å². The van der Waals surface area contributed by atoms with Crippen molar-refractivity contribution in [3.8, 4) is 6.07 Å². The molecule has 1 heterocycles. The molecule has 0 saturated heterocycles. The molecule has 6 heteroatoms. The second-order valence-corrected chi connectivity index (χ2v) is 8.91. The van der Waals surface area contributed by atoms with Gasteiger partial charge in [-0.1, -0.05) is 49.2 Å². The number of nitrogens with zero attached hydrogens (tertiary/aromatic N) is 2. The summed E-state index contributed by atoms with van der Waals surface area (Å²) in [5.41, 5.74) is 2.74. The Morgan fingerprint density at radius 1 is 1.21 bits per heavy atom. The molecule has 4 nitrogen and oxygen atoms in total. The standard InChI is InChI=1S/C22H21ClN2O2S/c1-2-3-13-25-14-12-17(21-6-4-5-7-22(21)25)15-20(16-24)28(26,27)19-10-8-18(23)9-11-19/h4-12,15H,2-3,13-14H2,1H3/b20-15+. The quantitative estimate of drug-likeness (QED) is 0.610. The first-order valence-electron chi connectivity index (χ1n) is 9.14. The van der Waals surface area contributed by atoms with Crippen LogP contribution in [-0.4, -0.2) is 21.5 Å². The molecule has 1 aliphatic rings. The normalized spacial score (nSPS) is 14.2. The summed E-state index contributed by atoms with van der Waals surface area (Å²) < 4.78 is 25.8. The van der Waals surface area contributed by atoms with E-state index in [-0.39, 0.29) is 9.80 Å². The van der Waals surface area contributed by atoms with Crippen molar-refractivity contribution in [2.75, 3.05) is 18.0 Å². The molecule has 0 saturated carbocycles. The van der Waals surface area contributed by atoms with Gasteiger partial charge in [0.15, 0.2) is 0 Å². The molecule has 0 bridgehead atoms. The Hall–Kier alpha value is -2.55. The van der Waals surface area contributed by atoms with Gasteiger partial charge in [0.25, 0.3) is 0 Å². The molecule has 0 radical (unpaired) electrons. The monoisotopic (exact) mass is 412 g/mol. The van der Waals surface area contributed by atoms with Crippen LogP contribution >= 0.6 is 11.6 Å². The molecule has 0 aromatic heterocycles. The lowest BCUT2D eigenvalue weighted by Gasteiger charge is -2.30. The molecule has 2 aromatic rings. The van der Waals surface area contributed by atoms with Gasteiger partial charge in [0, 0.05) is 29.4 Å². The van der Waals surface area contributed by atoms with Gasteiger partial charge in [0.2, 0.25) is 9.84 Å². The summed E-state index contributed by atoms with van der Waals surface area (Å²) in [5, 5.41) is 10.0. The van der Waals surface area contributed by atoms with E-state index in [1.165, 1.54) is 30.3 Å². The van der Waals surface area contributed by atoms with Crippen LogP contribution in [0, 0.1) is 11.3 Å². The third kappa shape index (κ3) is 4.14. The molecule has 144 valence electrons. The Morgan fingerprint density at radius 2 is 1.93 bits per heavy atom. The predicted octanol–water partition coefficient (Wildman–Crippen LogP) is 5.22. The Bertz CT molecular complexity index is 1060. The van der Waals surface area contributed by atoms with Crippen molar-refractivity contribution in [1.82, 2.24) is 0 Å². The van der Waals surface area contributed by atoms with Crippen LogP contribution in [0.1, 0.15) is 25.3 Å². The second kappa shape index (κ2) is 8.64. The molecule has 0 N–H and O–H groups in total. The van der Waals surface area contributed by atoms with E-state index in [0.29, 0.717) is 11.6 Å². The fraction of sp³-hybridized carbons (Fsp3) is 0.227. The van der Waals surface area contributed by atoms with E-state index in [4.69, 9.17) is 11.6 Å². The van der Waals surface area contributed by atoms with E-state index in [1.807, 2.05) is 36.4 Å². The predicted molar refractivity (Wildman–Crippen MR) is 114 cm³/mol.